The Hall–Kier alpha value is -0.830. The maximum Gasteiger partial charge on any atom is 0.0624 e. The Morgan fingerprint density at radius 2 is 2.11 bits per heavy atom. The van der Waals surface area contributed by atoms with Gasteiger partial charge in [0, 0.05) is 12.7 Å². The Bertz CT molecular complexity index is 383. The molecule has 0 spiro atoms. The minimum Gasteiger partial charge on any atom is -0.316 e. The fourth-order valence-electron chi connectivity index (χ4n) is 3.32. The molecule has 1 aliphatic rings. The van der Waals surface area contributed by atoms with E-state index in [9.17, 15) is 0 Å². The average Bonchev–Trinajstić information content (AvgIpc) is 2.98. The molecular formula is C16H29N3. The van der Waals surface area contributed by atoms with Crippen molar-refractivity contribution in [3.63, 3.8) is 0 Å². The van der Waals surface area contributed by atoms with Crippen LogP contribution >= 0.6 is 0 Å². The summed E-state index contributed by atoms with van der Waals surface area (Å²) in [6, 6.07) is 2.30. The van der Waals surface area contributed by atoms with E-state index in [1.807, 2.05) is 0 Å². The lowest BCUT2D eigenvalue weighted by Gasteiger charge is -2.20. The molecule has 1 aliphatic carbocycles. The molecule has 1 N–H and O–H groups in total. The summed E-state index contributed by atoms with van der Waals surface area (Å²) >= 11 is 0. The molecule has 1 saturated carbocycles. The largest absolute Gasteiger partial charge is 0.316 e. The fourth-order valence-corrected chi connectivity index (χ4v) is 3.32. The zero-order chi connectivity index (χ0) is 13.7. The van der Waals surface area contributed by atoms with Gasteiger partial charge in [-0.1, -0.05) is 20.3 Å². The summed E-state index contributed by atoms with van der Waals surface area (Å²) in [6.07, 6.45) is 7.69. The number of hydrogen-bond acceptors (Lipinski definition) is 2. The van der Waals surface area contributed by atoms with Crippen LogP contribution in [0, 0.1) is 11.8 Å². The van der Waals surface area contributed by atoms with Crippen molar-refractivity contribution in [3.05, 3.63) is 17.5 Å². The maximum atomic E-state index is 4.57. The summed E-state index contributed by atoms with van der Waals surface area (Å²) in [5.74, 6) is 1.72. The summed E-state index contributed by atoms with van der Waals surface area (Å²) in [4.78, 5) is 0. The van der Waals surface area contributed by atoms with Crippen molar-refractivity contribution >= 4 is 0 Å². The van der Waals surface area contributed by atoms with Gasteiger partial charge in [0.15, 0.2) is 0 Å². The first-order chi connectivity index (χ1) is 9.24. The van der Waals surface area contributed by atoms with Crippen LogP contribution < -0.4 is 5.32 Å². The third-order valence-corrected chi connectivity index (χ3v) is 4.51. The molecule has 0 aliphatic heterocycles. The van der Waals surface area contributed by atoms with Gasteiger partial charge in [0.2, 0.25) is 0 Å². The van der Waals surface area contributed by atoms with E-state index in [-0.39, 0.29) is 0 Å². The van der Waals surface area contributed by atoms with Gasteiger partial charge in [-0.25, -0.2) is 0 Å². The van der Waals surface area contributed by atoms with Crippen LogP contribution in [0.4, 0.5) is 0 Å². The highest BCUT2D eigenvalue weighted by atomic mass is 15.3. The second-order valence-electron chi connectivity index (χ2n) is 5.96. The molecule has 0 bridgehead atoms. The van der Waals surface area contributed by atoms with Gasteiger partial charge in [-0.15, -0.1) is 0 Å². The van der Waals surface area contributed by atoms with Crippen molar-refractivity contribution in [1.82, 2.24) is 15.1 Å². The summed E-state index contributed by atoms with van der Waals surface area (Å²) in [6.45, 7) is 6.78. The summed E-state index contributed by atoms with van der Waals surface area (Å²) in [5, 5.41) is 8.17. The Morgan fingerprint density at radius 1 is 1.32 bits per heavy atom. The van der Waals surface area contributed by atoms with Crippen LogP contribution in [0.5, 0.6) is 0 Å². The fraction of sp³-hybridized carbons (Fsp3) is 0.812. The predicted octanol–water partition coefficient (Wildman–Crippen LogP) is 2.94. The number of nitrogens with one attached hydrogen (secondary N) is 1. The Morgan fingerprint density at radius 3 is 2.79 bits per heavy atom. The Kier molecular flexibility index (Phi) is 5.44. The van der Waals surface area contributed by atoms with E-state index in [0.717, 1.165) is 24.8 Å². The lowest BCUT2D eigenvalue weighted by Crippen LogP contribution is -2.27. The molecule has 3 heteroatoms. The molecule has 0 aromatic carbocycles. The summed E-state index contributed by atoms with van der Waals surface area (Å²) < 4.78 is 2.09. The second-order valence-corrected chi connectivity index (χ2v) is 5.96. The van der Waals surface area contributed by atoms with E-state index in [1.54, 1.807) is 0 Å². The SMILES string of the molecule is CCCNCC1CCCC1Cc1cc(CC)nn1C. The van der Waals surface area contributed by atoms with Crippen LogP contribution in [0.25, 0.3) is 0 Å². The number of nitrogens with zero attached hydrogens (tertiary/aromatic N) is 2. The third kappa shape index (κ3) is 3.82. The van der Waals surface area contributed by atoms with Crippen LogP contribution in [0.1, 0.15) is 50.9 Å². The first kappa shape index (κ1) is 14.6. The Balaban J connectivity index is 1.91. The summed E-state index contributed by atoms with van der Waals surface area (Å²) in [5.41, 5.74) is 2.65. The normalized spacial score (nSPS) is 23.1. The predicted molar refractivity (Wildman–Crippen MR) is 80.3 cm³/mol. The molecule has 19 heavy (non-hydrogen) atoms. The molecule has 2 atom stereocenters. The zero-order valence-corrected chi connectivity index (χ0v) is 12.8. The number of aromatic nitrogens is 2. The van der Waals surface area contributed by atoms with E-state index in [4.69, 9.17) is 0 Å². The van der Waals surface area contributed by atoms with Crippen LogP contribution in [0.3, 0.4) is 0 Å². The Labute approximate surface area is 117 Å². The molecule has 108 valence electrons. The van der Waals surface area contributed by atoms with E-state index in [1.165, 1.54) is 50.0 Å². The van der Waals surface area contributed by atoms with Gasteiger partial charge in [-0.2, -0.15) is 5.10 Å². The van der Waals surface area contributed by atoms with Crippen molar-refractivity contribution in [2.45, 2.75) is 52.4 Å². The number of aryl methyl sites for hydroxylation is 2. The van der Waals surface area contributed by atoms with Crippen LogP contribution in [0.2, 0.25) is 0 Å². The van der Waals surface area contributed by atoms with Gasteiger partial charge >= 0.3 is 0 Å². The van der Waals surface area contributed by atoms with E-state index >= 15 is 0 Å². The third-order valence-electron chi connectivity index (χ3n) is 4.51. The maximum absolute atomic E-state index is 4.57. The molecule has 0 radical (unpaired) electrons. The molecule has 0 amide bonds. The molecule has 1 aromatic rings. The second kappa shape index (κ2) is 7.09. The highest BCUT2D eigenvalue weighted by molar-refractivity contribution is 5.11. The molecule has 2 unspecified atom stereocenters. The average molecular weight is 263 g/mol. The van der Waals surface area contributed by atoms with E-state index in [0.29, 0.717) is 0 Å². The van der Waals surface area contributed by atoms with E-state index < -0.39 is 0 Å². The minimum absolute atomic E-state index is 0.851. The van der Waals surface area contributed by atoms with Gasteiger partial charge in [0.1, 0.15) is 0 Å². The van der Waals surface area contributed by atoms with Gasteiger partial charge in [0.05, 0.1) is 5.69 Å². The molecule has 3 nitrogen and oxygen atoms in total. The van der Waals surface area contributed by atoms with Crippen molar-refractivity contribution in [3.8, 4) is 0 Å². The summed E-state index contributed by atoms with van der Waals surface area (Å²) in [7, 11) is 2.09. The van der Waals surface area contributed by atoms with Crippen LogP contribution in [-0.2, 0) is 19.9 Å². The van der Waals surface area contributed by atoms with Crippen molar-refractivity contribution in [2.75, 3.05) is 13.1 Å². The van der Waals surface area contributed by atoms with Crippen LogP contribution in [-0.4, -0.2) is 22.9 Å². The highest BCUT2D eigenvalue weighted by Gasteiger charge is 2.27. The zero-order valence-electron chi connectivity index (χ0n) is 12.8. The van der Waals surface area contributed by atoms with Gasteiger partial charge in [-0.05, 0) is 63.1 Å². The molecule has 1 heterocycles. The topological polar surface area (TPSA) is 29.9 Å². The standard InChI is InChI=1S/C16H29N3/c1-4-9-17-12-14-8-6-7-13(14)10-16-11-15(5-2)18-19(16)3/h11,13-14,17H,4-10,12H2,1-3H3. The van der Waals surface area contributed by atoms with Gasteiger partial charge in [0.25, 0.3) is 0 Å². The van der Waals surface area contributed by atoms with Crippen molar-refractivity contribution < 1.29 is 0 Å². The first-order valence-corrected chi connectivity index (χ1v) is 7.97. The monoisotopic (exact) mass is 263 g/mol. The first-order valence-electron chi connectivity index (χ1n) is 7.97. The minimum atomic E-state index is 0.851. The van der Waals surface area contributed by atoms with E-state index in [2.05, 4.69) is 42.1 Å². The highest BCUT2D eigenvalue weighted by Crippen LogP contribution is 2.33. The van der Waals surface area contributed by atoms with Crippen LogP contribution in [0.15, 0.2) is 6.07 Å². The smallest absolute Gasteiger partial charge is 0.0624 e. The number of hydrogen-bond donors (Lipinski definition) is 1. The van der Waals surface area contributed by atoms with Gasteiger partial charge in [-0.3, -0.25) is 4.68 Å². The van der Waals surface area contributed by atoms with Crippen molar-refractivity contribution in [2.24, 2.45) is 18.9 Å². The molecule has 2 rings (SSSR count). The molecular weight excluding hydrogens is 234 g/mol. The molecule has 1 aromatic heterocycles. The van der Waals surface area contributed by atoms with Gasteiger partial charge < -0.3 is 5.32 Å². The van der Waals surface area contributed by atoms with Crippen molar-refractivity contribution in [1.29, 1.82) is 0 Å². The lowest BCUT2D eigenvalue weighted by molar-refractivity contribution is 0.359. The lowest BCUT2D eigenvalue weighted by atomic mass is 9.91. The quantitative estimate of drug-likeness (QED) is 0.767. The molecule has 1 fully saturated rings. The number of rotatable bonds is 7. The molecule has 0 saturated heterocycles.